The summed E-state index contributed by atoms with van der Waals surface area (Å²) in [5, 5.41) is 0. The van der Waals surface area contributed by atoms with Gasteiger partial charge in [-0.1, -0.05) is 85.7 Å². The minimum atomic E-state index is 0.552. The summed E-state index contributed by atoms with van der Waals surface area (Å²) in [6.07, 6.45) is 11.4. The van der Waals surface area contributed by atoms with Crippen molar-refractivity contribution in [3.8, 4) is 0 Å². The molecule has 1 aliphatic carbocycles. The first-order valence-electron chi connectivity index (χ1n) is 8.90. The Balaban J connectivity index is 1.78. The lowest BCUT2D eigenvalue weighted by Crippen LogP contribution is -2.33. The molecule has 0 heterocycles. The minimum Gasteiger partial charge on any atom is -0.288 e. The van der Waals surface area contributed by atoms with Crippen molar-refractivity contribution in [3.05, 3.63) is 83.9 Å². The molecule has 0 saturated carbocycles. The van der Waals surface area contributed by atoms with Gasteiger partial charge in [0.1, 0.15) is 0 Å². The van der Waals surface area contributed by atoms with Crippen LogP contribution in [0.1, 0.15) is 43.2 Å². The van der Waals surface area contributed by atoms with Gasteiger partial charge in [-0.15, -0.1) is 0 Å². The summed E-state index contributed by atoms with van der Waals surface area (Å²) >= 11 is 0. The first-order valence-corrected chi connectivity index (χ1v) is 8.90. The average molecular weight is 305 g/mol. The maximum atomic E-state index is 2.63. The number of nitrogens with zero attached hydrogens (tertiary/aromatic N) is 1. The van der Waals surface area contributed by atoms with E-state index in [1.165, 1.54) is 43.2 Å². The third-order valence-corrected chi connectivity index (χ3v) is 4.65. The molecule has 0 spiro atoms. The van der Waals surface area contributed by atoms with Crippen molar-refractivity contribution >= 4 is 0 Å². The second-order valence-corrected chi connectivity index (χ2v) is 6.51. The molecule has 0 saturated heterocycles. The molecule has 0 bridgehead atoms. The Morgan fingerprint density at radius 3 is 1.96 bits per heavy atom. The van der Waals surface area contributed by atoms with Gasteiger partial charge in [-0.25, -0.2) is 0 Å². The smallest absolute Gasteiger partial charge is 0.0285 e. The van der Waals surface area contributed by atoms with Crippen LogP contribution in [0.15, 0.2) is 72.8 Å². The van der Waals surface area contributed by atoms with Crippen molar-refractivity contribution in [2.24, 2.45) is 0 Å². The van der Waals surface area contributed by atoms with Crippen LogP contribution >= 0.6 is 0 Å². The Labute approximate surface area is 140 Å². The topological polar surface area (TPSA) is 3.24 Å². The van der Waals surface area contributed by atoms with Crippen molar-refractivity contribution < 1.29 is 0 Å². The second-order valence-electron chi connectivity index (χ2n) is 6.51. The van der Waals surface area contributed by atoms with Gasteiger partial charge in [-0.05, 0) is 30.4 Å². The van der Waals surface area contributed by atoms with Crippen LogP contribution in [-0.2, 0) is 13.1 Å². The van der Waals surface area contributed by atoms with Crippen molar-refractivity contribution in [2.45, 2.75) is 51.2 Å². The lowest BCUT2D eigenvalue weighted by Gasteiger charge is -2.31. The summed E-state index contributed by atoms with van der Waals surface area (Å²) in [6.45, 7) is 2.04. The molecule has 2 aromatic carbocycles. The van der Waals surface area contributed by atoms with Crippen LogP contribution in [0, 0.1) is 0 Å². The third kappa shape index (κ3) is 5.07. The quantitative estimate of drug-likeness (QED) is 0.652. The number of rotatable bonds is 5. The monoisotopic (exact) mass is 305 g/mol. The van der Waals surface area contributed by atoms with Gasteiger partial charge in [-0.2, -0.15) is 0 Å². The van der Waals surface area contributed by atoms with Gasteiger partial charge in [0.15, 0.2) is 0 Å². The molecular formula is C22H27N. The standard InChI is InChI=1S/C22H27N/c1-2-10-16-22(17-11-3-1)23(18-20-12-6-4-7-13-20)19-21-14-8-5-9-15-21/h4-10,12-16,22H,1-3,11,17-19H2/b16-10-. The van der Waals surface area contributed by atoms with Gasteiger partial charge in [0.25, 0.3) is 0 Å². The molecular weight excluding hydrogens is 278 g/mol. The van der Waals surface area contributed by atoms with E-state index in [-0.39, 0.29) is 0 Å². The van der Waals surface area contributed by atoms with E-state index in [0.29, 0.717) is 6.04 Å². The molecule has 1 nitrogen and oxygen atoms in total. The van der Waals surface area contributed by atoms with E-state index in [2.05, 4.69) is 77.7 Å². The highest BCUT2D eigenvalue weighted by molar-refractivity contribution is 5.18. The van der Waals surface area contributed by atoms with Crippen LogP contribution in [-0.4, -0.2) is 10.9 Å². The minimum absolute atomic E-state index is 0.552. The lowest BCUT2D eigenvalue weighted by molar-refractivity contribution is 0.197. The normalized spacial score (nSPS) is 20.0. The zero-order valence-corrected chi connectivity index (χ0v) is 13.9. The van der Waals surface area contributed by atoms with Crippen LogP contribution in [0.2, 0.25) is 0 Å². The molecule has 120 valence electrons. The third-order valence-electron chi connectivity index (χ3n) is 4.65. The number of hydrogen-bond donors (Lipinski definition) is 0. The highest BCUT2D eigenvalue weighted by Crippen LogP contribution is 2.21. The summed E-state index contributed by atoms with van der Waals surface area (Å²) in [6, 6.07) is 22.3. The van der Waals surface area contributed by atoms with Gasteiger partial charge in [0.05, 0.1) is 0 Å². The summed E-state index contributed by atoms with van der Waals surface area (Å²) in [7, 11) is 0. The van der Waals surface area contributed by atoms with E-state index in [0.717, 1.165) is 13.1 Å². The van der Waals surface area contributed by atoms with Crippen LogP contribution < -0.4 is 0 Å². The van der Waals surface area contributed by atoms with Crippen molar-refractivity contribution in [3.63, 3.8) is 0 Å². The summed E-state index contributed by atoms with van der Waals surface area (Å²) in [5.74, 6) is 0. The fraction of sp³-hybridized carbons (Fsp3) is 0.364. The Hall–Kier alpha value is -1.86. The highest BCUT2D eigenvalue weighted by atomic mass is 15.1. The zero-order valence-electron chi connectivity index (χ0n) is 13.9. The van der Waals surface area contributed by atoms with Gasteiger partial charge < -0.3 is 0 Å². The first kappa shape index (κ1) is 16.0. The highest BCUT2D eigenvalue weighted by Gasteiger charge is 2.17. The molecule has 1 atom stereocenters. The predicted octanol–water partition coefficient (Wildman–Crippen LogP) is 5.58. The molecule has 2 aromatic rings. The Morgan fingerprint density at radius 2 is 1.35 bits per heavy atom. The number of allylic oxidation sites excluding steroid dienone is 1. The summed E-state index contributed by atoms with van der Waals surface area (Å²) < 4.78 is 0. The first-order chi connectivity index (χ1) is 11.4. The molecule has 0 fully saturated rings. The fourth-order valence-electron chi connectivity index (χ4n) is 3.37. The molecule has 0 aliphatic heterocycles. The zero-order chi connectivity index (χ0) is 15.7. The molecule has 3 rings (SSSR count). The summed E-state index contributed by atoms with van der Waals surface area (Å²) in [4.78, 5) is 2.63. The maximum absolute atomic E-state index is 2.63. The molecule has 0 N–H and O–H groups in total. The predicted molar refractivity (Wildman–Crippen MR) is 98.1 cm³/mol. The van der Waals surface area contributed by atoms with E-state index < -0.39 is 0 Å². The van der Waals surface area contributed by atoms with Crippen molar-refractivity contribution in [1.82, 2.24) is 4.90 Å². The molecule has 1 heteroatoms. The Morgan fingerprint density at radius 1 is 0.739 bits per heavy atom. The SMILES string of the molecule is C1=C\C(N(Cc2ccccc2)Cc2ccccc2)CCCCC/1. The molecule has 23 heavy (non-hydrogen) atoms. The molecule has 0 amide bonds. The van der Waals surface area contributed by atoms with E-state index in [1.807, 2.05) is 0 Å². The number of benzene rings is 2. The molecule has 1 unspecified atom stereocenters. The lowest BCUT2D eigenvalue weighted by atomic mass is 10.00. The van der Waals surface area contributed by atoms with E-state index in [4.69, 9.17) is 0 Å². The molecule has 0 aromatic heterocycles. The molecule has 0 radical (unpaired) electrons. The van der Waals surface area contributed by atoms with Gasteiger partial charge in [0.2, 0.25) is 0 Å². The fourth-order valence-corrected chi connectivity index (χ4v) is 3.37. The largest absolute Gasteiger partial charge is 0.288 e. The van der Waals surface area contributed by atoms with Crippen LogP contribution in [0.4, 0.5) is 0 Å². The van der Waals surface area contributed by atoms with Crippen molar-refractivity contribution in [1.29, 1.82) is 0 Å². The Kier molecular flexibility index (Phi) is 6.05. The van der Waals surface area contributed by atoms with Gasteiger partial charge in [0, 0.05) is 19.1 Å². The summed E-state index contributed by atoms with van der Waals surface area (Å²) in [5.41, 5.74) is 2.80. The van der Waals surface area contributed by atoms with Crippen LogP contribution in [0.5, 0.6) is 0 Å². The Bertz CT molecular complexity index is 546. The van der Waals surface area contributed by atoms with Crippen LogP contribution in [0.3, 0.4) is 0 Å². The van der Waals surface area contributed by atoms with Crippen molar-refractivity contribution in [2.75, 3.05) is 0 Å². The van der Waals surface area contributed by atoms with Gasteiger partial charge >= 0.3 is 0 Å². The molecule has 1 aliphatic rings. The second kappa shape index (κ2) is 8.69. The van der Waals surface area contributed by atoms with Gasteiger partial charge in [-0.3, -0.25) is 4.90 Å². The van der Waals surface area contributed by atoms with E-state index in [9.17, 15) is 0 Å². The average Bonchev–Trinajstić information content (AvgIpc) is 2.56. The van der Waals surface area contributed by atoms with E-state index in [1.54, 1.807) is 0 Å². The maximum Gasteiger partial charge on any atom is 0.0285 e. The number of hydrogen-bond acceptors (Lipinski definition) is 1. The van der Waals surface area contributed by atoms with Crippen LogP contribution in [0.25, 0.3) is 0 Å². The van der Waals surface area contributed by atoms with E-state index >= 15 is 0 Å².